The summed E-state index contributed by atoms with van der Waals surface area (Å²) >= 11 is 0. The highest BCUT2D eigenvalue weighted by Crippen LogP contribution is 2.03. The zero-order valence-corrected chi connectivity index (χ0v) is 8.42. The maximum atomic E-state index is 10.2. The standard InChI is InChI=1S/C11H17NO/c1-5-12(6-2)11(4)8-7-10(3)9-13/h7-9H,3-6H2,1-2H3/b8-7-. The van der Waals surface area contributed by atoms with Crippen molar-refractivity contribution in [1.82, 2.24) is 4.90 Å². The first-order chi connectivity index (χ1) is 6.15. The fourth-order valence-corrected chi connectivity index (χ4v) is 0.978. The minimum absolute atomic E-state index is 0.466. The predicted octanol–water partition coefficient (Wildman–Crippen LogP) is 2.15. The van der Waals surface area contributed by atoms with E-state index in [1.54, 1.807) is 6.08 Å². The summed E-state index contributed by atoms with van der Waals surface area (Å²) in [6, 6.07) is 0. The summed E-state index contributed by atoms with van der Waals surface area (Å²) < 4.78 is 0. The van der Waals surface area contributed by atoms with Gasteiger partial charge in [-0.15, -0.1) is 0 Å². The van der Waals surface area contributed by atoms with Gasteiger partial charge in [-0.05, 0) is 19.9 Å². The molecule has 0 unspecified atom stereocenters. The van der Waals surface area contributed by atoms with Gasteiger partial charge in [-0.3, -0.25) is 4.79 Å². The molecule has 0 N–H and O–H groups in total. The highest BCUT2D eigenvalue weighted by atomic mass is 16.1. The fourth-order valence-electron chi connectivity index (χ4n) is 0.978. The Bertz CT molecular complexity index is 224. The lowest BCUT2D eigenvalue weighted by atomic mass is 10.2. The molecule has 0 amide bonds. The van der Waals surface area contributed by atoms with E-state index in [0.717, 1.165) is 25.1 Å². The largest absolute Gasteiger partial charge is 0.373 e. The second kappa shape index (κ2) is 6.23. The lowest BCUT2D eigenvalue weighted by Crippen LogP contribution is -2.20. The molecule has 0 aliphatic heterocycles. The molecule has 0 spiro atoms. The lowest BCUT2D eigenvalue weighted by Gasteiger charge is -2.20. The van der Waals surface area contributed by atoms with Crippen LogP contribution < -0.4 is 0 Å². The van der Waals surface area contributed by atoms with Gasteiger partial charge >= 0.3 is 0 Å². The third-order valence-electron chi connectivity index (χ3n) is 1.81. The number of carbonyl (C=O) groups excluding carboxylic acids is 1. The quantitative estimate of drug-likeness (QED) is 0.354. The summed E-state index contributed by atoms with van der Waals surface area (Å²) in [5, 5.41) is 0. The van der Waals surface area contributed by atoms with Crippen LogP contribution >= 0.6 is 0 Å². The van der Waals surface area contributed by atoms with E-state index in [2.05, 4.69) is 31.9 Å². The van der Waals surface area contributed by atoms with Gasteiger partial charge in [0.2, 0.25) is 0 Å². The van der Waals surface area contributed by atoms with Gasteiger partial charge in [-0.2, -0.15) is 0 Å². The first-order valence-electron chi connectivity index (χ1n) is 4.41. The first-order valence-corrected chi connectivity index (χ1v) is 4.41. The van der Waals surface area contributed by atoms with Crippen LogP contribution in [0, 0.1) is 0 Å². The van der Waals surface area contributed by atoms with Crippen LogP contribution in [0.3, 0.4) is 0 Å². The van der Waals surface area contributed by atoms with Crippen molar-refractivity contribution in [3.8, 4) is 0 Å². The Morgan fingerprint density at radius 2 is 1.77 bits per heavy atom. The van der Waals surface area contributed by atoms with Crippen molar-refractivity contribution in [3.63, 3.8) is 0 Å². The van der Waals surface area contributed by atoms with Crippen molar-refractivity contribution in [3.05, 3.63) is 36.6 Å². The normalized spacial score (nSPS) is 10.0. The van der Waals surface area contributed by atoms with Gasteiger partial charge in [0.05, 0.1) is 0 Å². The summed E-state index contributed by atoms with van der Waals surface area (Å²) in [4.78, 5) is 12.3. The van der Waals surface area contributed by atoms with Crippen LogP contribution in [0.2, 0.25) is 0 Å². The zero-order valence-electron chi connectivity index (χ0n) is 8.42. The molecule has 0 rings (SSSR count). The molecule has 2 nitrogen and oxygen atoms in total. The molecule has 0 fully saturated rings. The number of hydrogen-bond donors (Lipinski definition) is 0. The highest BCUT2D eigenvalue weighted by Gasteiger charge is 1.97. The van der Waals surface area contributed by atoms with E-state index in [1.165, 1.54) is 0 Å². The molecule has 2 heteroatoms. The van der Waals surface area contributed by atoms with Crippen LogP contribution in [0.5, 0.6) is 0 Å². The van der Waals surface area contributed by atoms with Crippen molar-refractivity contribution in [2.24, 2.45) is 0 Å². The van der Waals surface area contributed by atoms with Crippen LogP contribution in [0.4, 0.5) is 0 Å². The molecule has 72 valence electrons. The van der Waals surface area contributed by atoms with Gasteiger partial charge in [0.25, 0.3) is 0 Å². The van der Waals surface area contributed by atoms with E-state index in [-0.39, 0.29) is 0 Å². The molecule has 0 saturated heterocycles. The second-order valence-electron chi connectivity index (χ2n) is 2.69. The number of rotatable bonds is 6. The van der Waals surface area contributed by atoms with Crippen LogP contribution in [0.15, 0.2) is 36.6 Å². The van der Waals surface area contributed by atoms with E-state index in [1.807, 2.05) is 6.08 Å². The number of hydrogen-bond acceptors (Lipinski definition) is 2. The molecular weight excluding hydrogens is 162 g/mol. The van der Waals surface area contributed by atoms with Gasteiger partial charge < -0.3 is 4.90 Å². The van der Waals surface area contributed by atoms with Gasteiger partial charge in [0, 0.05) is 24.4 Å². The molecule has 0 aromatic carbocycles. The van der Waals surface area contributed by atoms with E-state index in [0.29, 0.717) is 5.57 Å². The zero-order chi connectivity index (χ0) is 10.3. The molecule has 0 bridgehead atoms. The summed E-state index contributed by atoms with van der Waals surface area (Å²) in [5.74, 6) is 0. The second-order valence-corrected chi connectivity index (χ2v) is 2.69. The van der Waals surface area contributed by atoms with E-state index >= 15 is 0 Å². The van der Waals surface area contributed by atoms with Gasteiger partial charge in [0.15, 0.2) is 0 Å². The number of likely N-dealkylation sites (N-methyl/N-ethyl adjacent to an activating group) is 1. The number of nitrogens with zero attached hydrogens (tertiary/aromatic N) is 1. The third-order valence-corrected chi connectivity index (χ3v) is 1.81. The Morgan fingerprint density at radius 1 is 1.23 bits per heavy atom. The molecule has 0 aromatic rings. The van der Waals surface area contributed by atoms with Crippen LogP contribution in [-0.4, -0.2) is 24.3 Å². The van der Waals surface area contributed by atoms with Crippen LogP contribution in [0.25, 0.3) is 0 Å². The maximum Gasteiger partial charge on any atom is 0.149 e. The van der Waals surface area contributed by atoms with Crippen molar-refractivity contribution >= 4 is 6.29 Å². The summed E-state index contributed by atoms with van der Waals surface area (Å²) in [7, 11) is 0. The third kappa shape index (κ3) is 4.31. The lowest BCUT2D eigenvalue weighted by molar-refractivity contribution is -0.104. The molecule has 0 radical (unpaired) electrons. The minimum Gasteiger partial charge on any atom is -0.373 e. The van der Waals surface area contributed by atoms with E-state index < -0.39 is 0 Å². The SMILES string of the molecule is C=C(C=O)/C=C\C(=C)N(CC)CC. The molecule has 0 heterocycles. The van der Waals surface area contributed by atoms with Crippen molar-refractivity contribution < 1.29 is 4.79 Å². The summed E-state index contributed by atoms with van der Waals surface area (Å²) in [6.07, 6.45) is 4.21. The summed E-state index contributed by atoms with van der Waals surface area (Å²) in [5.41, 5.74) is 1.38. The smallest absolute Gasteiger partial charge is 0.149 e. The Hall–Kier alpha value is -1.31. The van der Waals surface area contributed by atoms with Gasteiger partial charge in [-0.1, -0.05) is 19.2 Å². The molecular formula is C11H17NO. The average Bonchev–Trinajstić information content (AvgIpc) is 2.16. The minimum atomic E-state index is 0.466. The monoisotopic (exact) mass is 179 g/mol. The van der Waals surface area contributed by atoms with Gasteiger partial charge in [-0.25, -0.2) is 0 Å². The molecule has 0 saturated carbocycles. The maximum absolute atomic E-state index is 10.2. The Balaban J connectivity index is 4.19. The number of allylic oxidation sites excluding steroid dienone is 3. The highest BCUT2D eigenvalue weighted by molar-refractivity contribution is 5.76. The molecule has 0 aliphatic carbocycles. The first kappa shape index (κ1) is 11.7. The van der Waals surface area contributed by atoms with E-state index in [4.69, 9.17) is 0 Å². The predicted molar refractivity (Wildman–Crippen MR) is 56.4 cm³/mol. The van der Waals surface area contributed by atoms with E-state index in [9.17, 15) is 4.79 Å². The fraction of sp³-hybridized carbons (Fsp3) is 0.364. The van der Waals surface area contributed by atoms with Crippen molar-refractivity contribution in [1.29, 1.82) is 0 Å². The molecule has 0 aromatic heterocycles. The molecule has 13 heavy (non-hydrogen) atoms. The summed E-state index contributed by atoms with van der Waals surface area (Å²) in [6.45, 7) is 13.4. The topological polar surface area (TPSA) is 20.3 Å². The number of carbonyl (C=O) groups is 1. The van der Waals surface area contributed by atoms with Crippen LogP contribution in [-0.2, 0) is 4.79 Å². The average molecular weight is 179 g/mol. The van der Waals surface area contributed by atoms with Crippen molar-refractivity contribution in [2.45, 2.75) is 13.8 Å². The Labute approximate surface area is 80.2 Å². The molecule has 0 aliphatic rings. The van der Waals surface area contributed by atoms with Crippen molar-refractivity contribution in [2.75, 3.05) is 13.1 Å². The molecule has 0 atom stereocenters. The number of aldehydes is 1. The Kier molecular flexibility index (Phi) is 5.60. The van der Waals surface area contributed by atoms with Crippen LogP contribution in [0.1, 0.15) is 13.8 Å². The van der Waals surface area contributed by atoms with Gasteiger partial charge in [0.1, 0.15) is 6.29 Å². The Morgan fingerprint density at radius 3 is 2.15 bits per heavy atom.